The number of anilines is 2. The molecule has 0 aliphatic carbocycles. The van der Waals surface area contributed by atoms with Gasteiger partial charge >= 0.3 is 0 Å². The second-order valence-corrected chi connectivity index (χ2v) is 4.54. The summed E-state index contributed by atoms with van der Waals surface area (Å²) in [6, 6.07) is 0.740. The largest absolute Gasteiger partial charge is 0.381 e. The van der Waals surface area contributed by atoms with Gasteiger partial charge in [0.05, 0.1) is 0 Å². The Bertz CT molecular complexity index is 360. The van der Waals surface area contributed by atoms with Gasteiger partial charge in [0.15, 0.2) is 23.3 Å². The third-order valence-electron chi connectivity index (χ3n) is 2.03. The van der Waals surface area contributed by atoms with Crippen molar-refractivity contribution in [1.29, 1.82) is 0 Å². The van der Waals surface area contributed by atoms with Crippen molar-refractivity contribution in [2.75, 3.05) is 29.6 Å². The molecular formula is C10H15F2N3S. The molecule has 0 saturated heterocycles. The second-order valence-electron chi connectivity index (χ2n) is 3.63. The van der Waals surface area contributed by atoms with Crippen LogP contribution in [0.25, 0.3) is 0 Å². The molecule has 0 aliphatic heterocycles. The van der Waals surface area contributed by atoms with Crippen molar-refractivity contribution in [1.82, 2.24) is 4.98 Å². The molecule has 90 valence electrons. The molecule has 3 N–H and O–H groups in total. The number of pyridine rings is 1. The third kappa shape index (κ3) is 3.52. The maximum absolute atomic E-state index is 13.2. The van der Waals surface area contributed by atoms with E-state index in [2.05, 4.69) is 10.3 Å². The van der Waals surface area contributed by atoms with Gasteiger partial charge in [-0.05, 0) is 17.9 Å². The second kappa shape index (κ2) is 5.89. The van der Waals surface area contributed by atoms with Crippen molar-refractivity contribution in [3.05, 3.63) is 17.7 Å². The summed E-state index contributed by atoms with van der Waals surface area (Å²) in [5.74, 6) is -0.496. The average molecular weight is 247 g/mol. The van der Waals surface area contributed by atoms with Gasteiger partial charge < -0.3 is 11.1 Å². The topological polar surface area (TPSA) is 50.9 Å². The SMILES string of the molecule is CSCC(C)CNc1nc(N)c(F)cc1F. The number of hydrogen-bond acceptors (Lipinski definition) is 4. The molecule has 0 radical (unpaired) electrons. The molecule has 1 aromatic heterocycles. The molecule has 0 saturated carbocycles. The minimum Gasteiger partial charge on any atom is -0.381 e. The predicted molar refractivity (Wildman–Crippen MR) is 64.6 cm³/mol. The van der Waals surface area contributed by atoms with Gasteiger partial charge in [-0.3, -0.25) is 0 Å². The average Bonchev–Trinajstić information content (AvgIpc) is 2.22. The van der Waals surface area contributed by atoms with Crippen LogP contribution in [0.3, 0.4) is 0 Å². The zero-order valence-electron chi connectivity index (χ0n) is 9.26. The molecule has 1 heterocycles. The lowest BCUT2D eigenvalue weighted by atomic mass is 10.2. The summed E-state index contributed by atoms with van der Waals surface area (Å²) in [7, 11) is 0. The highest BCUT2D eigenvalue weighted by molar-refractivity contribution is 7.98. The number of thioether (sulfide) groups is 1. The standard InChI is InChI=1S/C10H15F2N3S/c1-6(5-16-2)4-14-10-8(12)3-7(11)9(13)15-10/h3,6H,4-5H2,1-2H3,(H3,13,14,15). The Balaban J connectivity index is 2.63. The molecule has 1 atom stereocenters. The number of hydrogen-bond donors (Lipinski definition) is 2. The van der Waals surface area contributed by atoms with Crippen LogP contribution in [0.1, 0.15) is 6.92 Å². The predicted octanol–water partition coefficient (Wildman–Crippen LogP) is 2.35. The van der Waals surface area contributed by atoms with E-state index in [1.54, 1.807) is 11.8 Å². The highest BCUT2D eigenvalue weighted by Gasteiger charge is 2.10. The first-order valence-corrected chi connectivity index (χ1v) is 6.28. The summed E-state index contributed by atoms with van der Waals surface area (Å²) in [4.78, 5) is 3.61. The highest BCUT2D eigenvalue weighted by atomic mass is 32.2. The molecule has 16 heavy (non-hydrogen) atoms. The Kier molecular flexibility index (Phi) is 4.79. The van der Waals surface area contributed by atoms with E-state index in [1.807, 2.05) is 13.2 Å². The monoisotopic (exact) mass is 247 g/mol. The Morgan fingerprint density at radius 3 is 2.81 bits per heavy atom. The fourth-order valence-electron chi connectivity index (χ4n) is 1.22. The van der Waals surface area contributed by atoms with Crippen LogP contribution in [0.15, 0.2) is 6.07 Å². The number of rotatable bonds is 5. The van der Waals surface area contributed by atoms with Crippen LogP contribution in [0, 0.1) is 17.6 Å². The van der Waals surface area contributed by atoms with Gasteiger partial charge in [-0.2, -0.15) is 11.8 Å². The van der Waals surface area contributed by atoms with Gasteiger partial charge in [-0.25, -0.2) is 13.8 Å². The van der Waals surface area contributed by atoms with Gasteiger partial charge in [-0.15, -0.1) is 0 Å². The van der Waals surface area contributed by atoms with E-state index in [0.717, 1.165) is 11.8 Å². The number of nitrogens with zero attached hydrogens (tertiary/aromatic N) is 1. The minimum absolute atomic E-state index is 0.00635. The molecule has 0 bridgehead atoms. The summed E-state index contributed by atoms with van der Waals surface area (Å²) in [5, 5.41) is 2.82. The van der Waals surface area contributed by atoms with Crippen LogP contribution in [0.4, 0.5) is 20.4 Å². The zero-order chi connectivity index (χ0) is 12.1. The molecule has 0 aromatic carbocycles. The van der Waals surface area contributed by atoms with Gasteiger partial charge in [0.1, 0.15) is 0 Å². The van der Waals surface area contributed by atoms with E-state index in [0.29, 0.717) is 12.5 Å². The highest BCUT2D eigenvalue weighted by Crippen LogP contribution is 2.17. The van der Waals surface area contributed by atoms with E-state index in [9.17, 15) is 8.78 Å². The number of aromatic nitrogens is 1. The Labute approximate surface area is 97.8 Å². The summed E-state index contributed by atoms with van der Waals surface area (Å²) < 4.78 is 26.1. The fraction of sp³-hybridized carbons (Fsp3) is 0.500. The molecule has 1 rings (SSSR count). The summed E-state index contributed by atoms with van der Waals surface area (Å²) in [6.07, 6.45) is 2.01. The van der Waals surface area contributed by atoms with E-state index in [-0.39, 0.29) is 11.6 Å². The molecule has 0 amide bonds. The Morgan fingerprint density at radius 1 is 1.50 bits per heavy atom. The first-order chi connectivity index (χ1) is 7.54. The molecular weight excluding hydrogens is 232 g/mol. The first-order valence-electron chi connectivity index (χ1n) is 4.89. The van der Waals surface area contributed by atoms with Crippen molar-refractivity contribution >= 4 is 23.4 Å². The minimum atomic E-state index is -0.833. The van der Waals surface area contributed by atoms with Crippen molar-refractivity contribution in [3.8, 4) is 0 Å². The molecule has 1 unspecified atom stereocenters. The van der Waals surface area contributed by atoms with Crippen LogP contribution in [0.2, 0.25) is 0 Å². The smallest absolute Gasteiger partial charge is 0.168 e. The zero-order valence-corrected chi connectivity index (χ0v) is 10.1. The number of halogens is 2. The van der Waals surface area contributed by atoms with Crippen molar-refractivity contribution in [2.45, 2.75) is 6.92 Å². The maximum atomic E-state index is 13.2. The quantitative estimate of drug-likeness (QED) is 0.838. The van der Waals surface area contributed by atoms with Crippen molar-refractivity contribution in [3.63, 3.8) is 0 Å². The van der Waals surface area contributed by atoms with Crippen LogP contribution < -0.4 is 11.1 Å². The summed E-state index contributed by atoms with van der Waals surface area (Å²) in [5.41, 5.74) is 5.26. The molecule has 0 aliphatic rings. The Hall–Kier alpha value is -1.04. The lowest BCUT2D eigenvalue weighted by molar-refractivity contribution is 0.577. The number of nitrogens with one attached hydrogen (secondary N) is 1. The number of nitrogen functional groups attached to an aromatic ring is 1. The molecule has 1 aromatic rings. The summed E-state index contributed by atoms with van der Waals surface area (Å²) in [6.45, 7) is 2.62. The maximum Gasteiger partial charge on any atom is 0.168 e. The van der Waals surface area contributed by atoms with Crippen LogP contribution in [0.5, 0.6) is 0 Å². The van der Waals surface area contributed by atoms with Gasteiger partial charge in [0.25, 0.3) is 0 Å². The van der Waals surface area contributed by atoms with Crippen LogP contribution >= 0.6 is 11.8 Å². The van der Waals surface area contributed by atoms with E-state index >= 15 is 0 Å². The fourth-order valence-corrected chi connectivity index (χ4v) is 1.91. The van der Waals surface area contributed by atoms with E-state index in [1.165, 1.54) is 0 Å². The van der Waals surface area contributed by atoms with E-state index in [4.69, 9.17) is 5.73 Å². The molecule has 0 spiro atoms. The third-order valence-corrected chi connectivity index (χ3v) is 2.93. The molecule has 0 fully saturated rings. The van der Waals surface area contributed by atoms with Crippen LogP contribution in [-0.2, 0) is 0 Å². The lowest BCUT2D eigenvalue weighted by Crippen LogP contribution is -2.15. The van der Waals surface area contributed by atoms with Gasteiger partial charge in [0, 0.05) is 12.6 Å². The molecule has 6 heteroatoms. The van der Waals surface area contributed by atoms with Crippen molar-refractivity contribution in [2.24, 2.45) is 5.92 Å². The number of nitrogens with two attached hydrogens (primary N) is 1. The van der Waals surface area contributed by atoms with Gasteiger partial charge in [-0.1, -0.05) is 6.92 Å². The van der Waals surface area contributed by atoms with Crippen molar-refractivity contribution < 1.29 is 8.78 Å². The summed E-state index contributed by atoms with van der Waals surface area (Å²) >= 11 is 1.72. The van der Waals surface area contributed by atoms with Crippen LogP contribution in [-0.4, -0.2) is 23.5 Å². The lowest BCUT2D eigenvalue weighted by Gasteiger charge is -2.12. The van der Waals surface area contributed by atoms with Gasteiger partial charge in [0.2, 0.25) is 0 Å². The van der Waals surface area contributed by atoms with E-state index < -0.39 is 11.6 Å². The normalized spacial score (nSPS) is 12.5. The first kappa shape index (κ1) is 13.0. The molecule has 3 nitrogen and oxygen atoms in total. The Morgan fingerprint density at radius 2 is 2.19 bits per heavy atom.